The molecular weight excluding hydrogens is 290 g/mol. The highest BCUT2D eigenvalue weighted by molar-refractivity contribution is 7.92. The van der Waals surface area contributed by atoms with Gasteiger partial charge < -0.3 is 9.52 Å². The lowest BCUT2D eigenvalue weighted by atomic mass is 10.2. The molecule has 1 aromatic carbocycles. The van der Waals surface area contributed by atoms with Crippen LogP contribution < -0.4 is 4.31 Å². The lowest BCUT2D eigenvalue weighted by molar-refractivity contribution is 0.244. The monoisotopic (exact) mass is 309 g/mol. The molecule has 0 aliphatic heterocycles. The number of aliphatic hydroxyl groups is 1. The topological polar surface area (TPSA) is 70.8 Å². The molecule has 0 aliphatic carbocycles. The molecule has 0 spiro atoms. The third-order valence-corrected chi connectivity index (χ3v) is 5.27. The second-order valence-electron chi connectivity index (χ2n) is 4.80. The van der Waals surface area contributed by atoms with Crippen LogP contribution in [0, 0.1) is 13.8 Å². The largest absolute Gasteiger partial charge is 0.462 e. The van der Waals surface area contributed by atoms with Crippen LogP contribution in [-0.4, -0.2) is 20.1 Å². The van der Waals surface area contributed by atoms with Gasteiger partial charge in [0.15, 0.2) is 0 Å². The van der Waals surface area contributed by atoms with E-state index in [1.807, 2.05) is 19.1 Å². The zero-order valence-corrected chi connectivity index (χ0v) is 13.1. The number of rotatable bonds is 5. The van der Waals surface area contributed by atoms with E-state index in [4.69, 9.17) is 9.52 Å². The molecular formula is C15H19NO4S. The van der Waals surface area contributed by atoms with Crippen LogP contribution in [0.25, 0.3) is 0 Å². The van der Waals surface area contributed by atoms with Crippen molar-refractivity contribution < 1.29 is 17.9 Å². The molecule has 0 saturated heterocycles. The number of furan rings is 1. The third-order valence-electron chi connectivity index (χ3n) is 3.26. The first-order valence-corrected chi connectivity index (χ1v) is 8.13. The summed E-state index contributed by atoms with van der Waals surface area (Å²) in [7, 11) is -3.71. The van der Waals surface area contributed by atoms with Gasteiger partial charge in [0, 0.05) is 12.6 Å². The fraction of sp³-hybridized carbons (Fsp3) is 0.333. The van der Waals surface area contributed by atoms with E-state index in [9.17, 15) is 8.42 Å². The van der Waals surface area contributed by atoms with Gasteiger partial charge in [-0.2, -0.15) is 0 Å². The maximum atomic E-state index is 12.8. The molecule has 1 aromatic heterocycles. The SMILES string of the molecule is CCN(c1ccc(C)cc1)S(=O)(=O)c1cc(CO)oc1C. The minimum absolute atomic E-state index is 0.0916. The quantitative estimate of drug-likeness (QED) is 0.921. The molecule has 2 aromatic rings. The molecule has 0 aliphatic rings. The summed E-state index contributed by atoms with van der Waals surface area (Å²) in [6.07, 6.45) is 0. The molecule has 0 atom stereocenters. The average Bonchev–Trinajstić information content (AvgIpc) is 2.83. The van der Waals surface area contributed by atoms with E-state index in [1.54, 1.807) is 26.0 Å². The molecule has 0 bridgehead atoms. The highest BCUT2D eigenvalue weighted by Crippen LogP contribution is 2.28. The van der Waals surface area contributed by atoms with Crippen LogP contribution in [-0.2, 0) is 16.6 Å². The van der Waals surface area contributed by atoms with Gasteiger partial charge in [0.2, 0.25) is 0 Å². The Morgan fingerprint density at radius 1 is 1.19 bits per heavy atom. The van der Waals surface area contributed by atoms with Gasteiger partial charge >= 0.3 is 0 Å². The minimum atomic E-state index is -3.71. The van der Waals surface area contributed by atoms with Crippen molar-refractivity contribution in [3.63, 3.8) is 0 Å². The van der Waals surface area contributed by atoms with Crippen LogP contribution in [0.2, 0.25) is 0 Å². The Bertz CT molecular complexity index is 717. The summed E-state index contributed by atoms with van der Waals surface area (Å²) in [5.41, 5.74) is 1.67. The average molecular weight is 309 g/mol. The van der Waals surface area contributed by atoms with Crippen molar-refractivity contribution in [2.24, 2.45) is 0 Å². The van der Waals surface area contributed by atoms with Crippen LogP contribution in [0.5, 0.6) is 0 Å². The summed E-state index contributed by atoms with van der Waals surface area (Å²) in [4.78, 5) is 0.0916. The van der Waals surface area contributed by atoms with Crippen molar-refractivity contribution in [2.45, 2.75) is 32.3 Å². The van der Waals surface area contributed by atoms with Crippen molar-refractivity contribution in [2.75, 3.05) is 10.8 Å². The number of hydrogen-bond donors (Lipinski definition) is 1. The molecule has 0 amide bonds. The predicted octanol–water partition coefficient (Wildman–Crippen LogP) is 2.60. The summed E-state index contributed by atoms with van der Waals surface area (Å²) in [6, 6.07) is 8.67. The first-order valence-electron chi connectivity index (χ1n) is 6.69. The second kappa shape index (κ2) is 5.91. The Labute approximate surface area is 124 Å². The number of hydrogen-bond acceptors (Lipinski definition) is 4. The van der Waals surface area contributed by atoms with E-state index < -0.39 is 10.0 Å². The summed E-state index contributed by atoms with van der Waals surface area (Å²) >= 11 is 0. The smallest absolute Gasteiger partial charge is 0.267 e. The normalized spacial score (nSPS) is 11.6. The predicted molar refractivity (Wildman–Crippen MR) is 80.8 cm³/mol. The molecule has 0 fully saturated rings. The van der Waals surface area contributed by atoms with Crippen LogP contribution in [0.15, 0.2) is 39.6 Å². The molecule has 1 heterocycles. The van der Waals surface area contributed by atoms with Crippen LogP contribution in [0.1, 0.15) is 24.0 Å². The van der Waals surface area contributed by atoms with Gasteiger partial charge in [0.25, 0.3) is 10.0 Å². The number of nitrogens with zero attached hydrogens (tertiary/aromatic N) is 1. The number of sulfonamides is 1. The van der Waals surface area contributed by atoms with Crippen LogP contribution in [0.3, 0.4) is 0 Å². The molecule has 1 N–H and O–H groups in total. The zero-order valence-electron chi connectivity index (χ0n) is 12.3. The molecule has 0 saturated carbocycles. The van der Waals surface area contributed by atoms with Gasteiger partial charge in [-0.05, 0) is 32.9 Å². The van der Waals surface area contributed by atoms with Gasteiger partial charge in [-0.3, -0.25) is 4.31 Å². The third kappa shape index (κ3) is 2.96. The van der Waals surface area contributed by atoms with Gasteiger partial charge in [0.1, 0.15) is 23.0 Å². The lowest BCUT2D eigenvalue weighted by Gasteiger charge is -2.22. The van der Waals surface area contributed by atoms with E-state index in [0.717, 1.165) is 5.56 Å². The van der Waals surface area contributed by atoms with Gasteiger partial charge in [-0.25, -0.2) is 8.42 Å². The lowest BCUT2D eigenvalue weighted by Crippen LogP contribution is -2.30. The van der Waals surface area contributed by atoms with Crippen molar-refractivity contribution in [3.05, 3.63) is 47.4 Å². The molecule has 21 heavy (non-hydrogen) atoms. The Hall–Kier alpha value is -1.79. The maximum absolute atomic E-state index is 12.8. The van der Waals surface area contributed by atoms with E-state index in [0.29, 0.717) is 12.2 Å². The van der Waals surface area contributed by atoms with Crippen LogP contribution in [0.4, 0.5) is 5.69 Å². The minimum Gasteiger partial charge on any atom is -0.462 e. The van der Waals surface area contributed by atoms with E-state index >= 15 is 0 Å². The molecule has 114 valence electrons. The zero-order chi connectivity index (χ0) is 15.6. The van der Waals surface area contributed by atoms with E-state index in [1.165, 1.54) is 10.4 Å². The summed E-state index contributed by atoms with van der Waals surface area (Å²) in [5, 5.41) is 9.08. The number of benzene rings is 1. The van der Waals surface area contributed by atoms with E-state index in [-0.39, 0.29) is 23.0 Å². The Morgan fingerprint density at radius 2 is 1.81 bits per heavy atom. The first kappa shape index (κ1) is 15.6. The Kier molecular flexibility index (Phi) is 4.39. The summed E-state index contributed by atoms with van der Waals surface area (Å²) < 4.78 is 32.1. The summed E-state index contributed by atoms with van der Waals surface area (Å²) in [5.74, 6) is 0.524. The van der Waals surface area contributed by atoms with Gasteiger partial charge in [-0.1, -0.05) is 17.7 Å². The highest BCUT2D eigenvalue weighted by atomic mass is 32.2. The molecule has 0 radical (unpaired) electrons. The van der Waals surface area contributed by atoms with E-state index in [2.05, 4.69) is 0 Å². The van der Waals surface area contributed by atoms with Gasteiger partial charge in [-0.15, -0.1) is 0 Å². The van der Waals surface area contributed by atoms with Crippen molar-refractivity contribution in [1.82, 2.24) is 0 Å². The highest BCUT2D eigenvalue weighted by Gasteiger charge is 2.28. The number of aliphatic hydroxyl groups excluding tert-OH is 1. The molecule has 5 nitrogen and oxygen atoms in total. The molecule has 6 heteroatoms. The number of aryl methyl sites for hydroxylation is 2. The fourth-order valence-electron chi connectivity index (χ4n) is 2.18. The maximum Gasteiger partial charge on any atom is 0.267 e. The Balaban J connectivity index is 2.49. The Morgan fingerprint density at radius 3 is 2.29 bits per heavy atom. The van der Waals surface area contributed by atoms with Crippen LogP contribution >= 0.6 is 0 Å². The molecule has 2 rings (SSSR count). The molecule has 0 unspecified atom stereocenters. The van der Waals surface area contributed by atoms with Gasteiger partial charge in [0.05, 0.1) is 5.69 Å². The fourth-order valence-corrected chi connectivity index (χ4v) is 3.84. The van der Waals surface area contributed by atoms with Crippen molar-refractivity contribution in [3.8, 4) is 0 Å². The van der Waals surface area contributed by atoms with Crippen molar-refractivity contribution >= 4 is 15.7 Å². The van der Waals surface area contributed by atoms with Crippen molar-refractivity contribution in [1.29, 1.82) is 0 Å². The first-order chi connectivity index (χ1) is 9.90. The standard InChI is InChI=1S/C15H19NO4S/c1-4-16(13-7-5-11(2)6-8-13)21(18,19)15-9-14(10-17)20-12(15)3/h5-9,17H,4,10H2,1-3H3. The second-order valence-corrected chi connectivity index (χ2v) is 6.63. The number of anilines is 1. The summed E-state index contributed by atoms with van der Waals surface area (Å²) in [6.45, 7) is 5.29.